The highest BCUT2D eigenvalue weighted by Crippen LogP contribution is 2.26. The van der Waals surface area contributed by atoms with Crippen molar-refractivity contribution in [3.8, 4) is 0 Å². The van der Waals surface area contributed by atoms with Crippen molar-refractivity contribution in [2.45, 2.75) is 38.6 Å². The van der Waals surface area contributed by atoms with Crippen molar-refractivity contribution in [2.24, 2.45) is 5.73 Å². The molecule has 0 aliphatic heterocycles. The fraction of sp³-hybridized carbons (Fsp3) is 0.500. The van der Waals surface area contributed by atoms with Crippen LogP contribution in [0.1, 0.15) is 32.8 Å². The van der Waals surface area contributed by atoms with Crippen molar-refractivity contribution in [1.82, 2.24) is 0 Å². The Morgan fingerprint density at radius 2 is 1.77 bits per heavy atom. The zero-order chi connectivity index (χ0) is 9.90. The second-order valence-corrected chi connectivity index (χ2v) is 4.10. The summed E-state index contributed by atoms with van der Waals surface area (Å²) in [5, 5.41) is 0. The average Bonchev–Trinajstić information content (AvgIpc) is 2.18. The Kier molecular flexibility index (Phi) is 3.10. The van der Waals surface area contributed by atoms with Crippen molar-refractivity contribution < 1.29 is 0 Å². The van der Waals surface area contributed by atoms with Gasteiger partial charge in [0.15, 0.2) is 0 Å². The summed E-state index contributed by atoms with van der Waals surface area (Å²) in [5.41, 5.74) is 7.49. The highest BCUT2D eigenvalue weighted by Gasteiger charge is 2.26. The van der Waals surface area contributed by atoms with Crippen LogP contribution in [0.3, 0.4) is 0 Å². The van der Waals surface area contributed by atoms with Crippen molar-refractivity contribution in [2.75, 3.05) is 0 Å². The standard InChI is InChI=1S/C12H19N/c1-4-11(13)12(2,3)10-8-6-5-7-9-10/h5-9,11H,4,13H2,1-3H3. The molecule has 1 atom stereocenters. The van der Waals surface area contributed by atoms with Gasteiger partial charge in [-0.15, -0.1) is 0 Å². The third kappa shape index (κ3) is 2.10. The van der Waals surface area contributed by atoms with Crippen molar-refractivity contribution in [1.29, 1.82) is 0 Å². The molecule has 2 N–H and O–H groups in total. The van der Waals surface area contributed by atoms with Crippen LogP contribution in [0.4, 0.5) is 0 Å². The van der Waals surface area contributed by atoms with E-state index >= 15 is 0 Å². The summed E-state index contributed by atoms with van der Waals surface area (Å²) in [6, 6.07) is 10.7. The van der Waals surface area contributed by atoms with E-state index in [-0.39, 0.29) is 11.5 Å². The van der Waals surface area contributed by atoms with Gasteiger partial charge in [0.2, 0.25) is 0 Å². The lowest BCUT2D eigenvalue weighted by atomic mass is 9.77. The molecular formula is C12H19N. The molecule has 0 saturated carbocycles. The number of hydrogen-bond acceptors (Lipinski definition) is 1. The van der Waals surface area contributed by atoms with Gasteiger partial charge in [-0.1, -0.05) is 51.1 Å². The topological polar surface area (TPSA) is 26.0 Å². The van der Waals surface area contributed by atoms with Gasteiger partial charge in [0, 0.05) is 11.5 Å². The third-order valence-electron chi connectivity index (χ3n) is 2.88. The Bertz CT molecular complexity index is 251. The molecule has 1 nitrogen and oxygen atoms in total. The van der Waals surface area contributed by atoms with Crippen LogP contribution in [0.2, 0.25) is 0 Å². The second-order valence-electron chi connectivity index (χ2n) is 4.10. The normalized spacial score (nSPS) is 14.2. The van der Waals surface area contributed by atoms with E-state index in [0.717, 1.165) is 6.42 Å². The smallest absolute Gasteiger partial charge is 0.0128 e. The van der Waals surface area contributed by atoms with Crippen LogP contribution < -0.4 is 5.73 Å². The van der Waals surface area contributed by atoms with Gasteiger partial charge in [0.25, 0.3) is 0 Å². The Morgan fingerprint density at radius 1 is 1.23 bits per heavy atom. The van der Waals surface area contributed by atoms with Gasteiger partial charge in [-0.05, 0) is 12.0 Å². The molecule has 1 heteroatoms. The molecular weight excluding hydrogens is 158 g/mol. The lowest BCUT2D eigenvalue weighted by Gasteiger charge is -2.31. The molecule has 0 aromatic heterocycles. The van der Waals surface area contributed by atoms with E-state index in [9.17, 15) is 0 Å². The van der Waals surface area contributed by atoms with Gasteiger partial charge in [-0.3, -0.25) is 0 Å². The minimum atomic E-state index is 0.0794. The second kappa shape index (κ2) is 3.93. The molecule has 0 saturated heterocycles. The fourth-order valence-corrected chi connectivity index (χ4v) is 1.59. The van der Waals surface area contributed by atoms with Crippen LogP contribution in [0, 0.1) is 0 Å². The van der Waals surface area contributed by atoms with E-state index < -0.39 is 0 Å². The summed E-state index contributed by atoms with van der Waals surface area (Å²) in [7, 11) is 0. The van der Waals surface area contributed by atoms with Crippen LogP contribution in [0.5, 0.6) is 0 Å². The van der Waals surface area contributed by atoms with Crippen molar-refractivity contribution in [3.05, 3.63) is 35.9 Å². The highest BCUT2D eigenvalue weighted by molar-refractivity contribution is 5.25. The maximum Gasteiger partial charge on any atom is 0.0128 e. The molecule has 0 heterocycles. The van der Waals surface area contributed by atoms with Crippen LogP contribution in [0.25, 0.3) is 0 Å². The lowest BCUT2D eigenvalue weighted by molar-refractivity contribution is 0.399. The number of rotatable bonds is 3. The summed E-state index contributed by atoms with van der Waals surface area (Å²) in [6.07, 6.45) is 1.02. The van der Waals surface area contributed by atoms with Gasteiger partial charge in [0.05, 0.1) is 0 Å². The number of nitrogens with two attached hydrogens (primary N) is 1. The monoisotopic (exact) mass is 177 g/mol. The van der Waals surface area contributed by atoms with E-state index in [2.05, 4.69) is 45.0 Å². The van der Waals surface area contributed by atoms with Gasteiger partial charge in [-0.2, -0.15) is 0 Å². The van der Waals surface area contributed by atoms with Gasteiger partial charge in [-0.25, -0.2) is 0 Å². The maximum absolute atomic E-state index is 6.08. The Morgan fingerprint density at radius 3 is 2.23 bits per heavy atom. The summed E-state index contributed by atoms with van der Waals surface area (Å²) in [6.45, 7) is 6.54. The fourth-order valence-electron chi connectivity index (χ4n) is 1.59. The predicted molar refractivity (Wildman–Crippen MR) is 57.7 cm³/mol. The summed E-state index contributed by atoms with van der Waals surface area (Å²) in [4.78, 5) is 0. The Hall–Kier alpha value is -0.820. The first kappa shape index (κ1) is 10.3. The maximum atomic E-state index is 6.08. The van der Waals surface area contributed by atoms with Crippen molar-refractivity contribution >= 4 is 0 Å². The Labute approximate surface area is 81.0 Å². The predicted octanol–water partition coefficient (Wildman–Crippen LogP) is 2.70. The van der Waals surface area contributed by atoms with Crippen LogP contribution in [-0.2, 0) is 5.41 Å². The zero-order valence-electron chi connectivity index (χ0n) is 8.75. The largest absolute Gasteiger partial charge is 0.327 e. The molecule has 1 rings (SSSR count). The molecule has 0 amide bonds. The first-order valence-corrected chi connectivity index (χ1v) is 4.90. The molecule has 0 fully saturated rings. The SMILES string of the molecule is CCC(N)C(C)(C)c1ccccc1. The molecule has 1 aromatic rings. The molecule has 1 unspecified atom stereocenters. The molecule has 72 valence electrons. The van der Waals surface area contributed by atoms with Crippen LogP contribution in [0.15, 0.2) is 30.3 Å². The summed E-state index contributed by atoms with van der Waals surface area (Å²) >= 11 is 0. The molecule has 0 spiro atoms. The minimum Gasteiger partial charge on any atom is -0.327 e. The molecule has 0 radical (unpaired) electrons. The first-order chi connectivity index (χ1) is 6.09. The van der Waals surface area contributed by atoms with Gasteiger partial charge < -0.3 is 5.73 Å². The van der Waals surface area contributed by atoms with Gasteiger partial charge in [0.1, 0.15) is 0 Å². The number of benzene rings is 1. The molecule has 13 heavy (non-hydrogen) atoms. The highest BCUT2D eigenvalue weighted by atomic mass is 14.7. The van der Waals surface area contributed by atoms with E-state index in [0.29, 0.717) is 0 Å². The zero-order valence-corrected chi connectivity index (χ0v) is 8.75. The first-order valence-electron chi connectivity index (χ1n) is 4.90. The molecule has 0 bridgehead atoms. The quantitative estimate of drug-likeness (QED) is 0.754. The molecule has 1 aromatic carbocycles. The molecule has 0 aliphatic rings. The Balaban J connectivity index is 2.93. The van der Waals surface area contributed by atoms with Gasteiger partial charge >= 0.3 is 0 Å². The number of hydrogen-bond donors (Lipinski definition) is 1. The lowest BCUT2D eigenvalue weighted by Crippen LogP contribution is -2.40. The van der Waals surface area contributed by atoms with Crippen molar-refractivity contribution in [3.63, 3.8) is 0 Å². The minimum absolute atomic E-state index is 0.0794. The molecule has 0 aliphatic carbocycles. The van der Waals surface area contributed by atoms with E-state index in [1.165, 1.54) is 5.56 Å². The van der Waals surface area contributed by atoms with Crippen LogP contribution >= 0.6 is 0 Å². The summed E-state index contributed by atoms with van der Waals surface area (Å²) < 4.78 is 0. The third-order valence-corrected chi connectivity index (χ3v) is 2.88. The van der Waals surface area contributed by atoms with E-state index in [1.54, 1.807) is 0 Å². The van der Waals surface area contributed by atoms with E-state index in [4.69, 9.17) is 5.73 Å². The van der Waals surface area contributed by atoms with E-state index in [1.807, 2.05) is 6.07 Å². The summed E-state index contributed by atoms with van der Waals surface area (Å²) in [5.74, 6) is 0. The average molecular weight is 177 g/mol. The van der Waals surface area contributed by atoms with Crippen LogP contribution in [-0.4, -0.2) is 6.04 Å².